The van der Waals surface area contributed by atoms with Crippen LogP contribution in [0.2, 0.25) is 4.34 Å². The van der Waals surface area contributed by atoms with Crippen molar-refractivity contribution >= 4 is 34.5 Å². The first-order chi connectivity index (χ1) is 12.1. The van der Waals surface area contributed by atoms with Gasteiger partial charge in [0, 0.05) is 37.6 Å². The van der Waals surface area contributed by atoms with Crippen LogP contribution in [0.1, 0.15) is 4.88 Å². The Balaban J connectivity index is 1.44. The molecule has 134 valence electrons. The third-order valence-corrected chi connectivity index (χ3v) is 5.44. The summed E-state index contributed by atoms with van der Waals surface area (Å²) >= 11 is 7.62. The highest BCUT2D eigenvalue weighted by atomic mass is 35.5. The highest BCUT2D eigenvalue weighted by molar-refractivity contribution is 7.16. The van der Waals surface area contributed by atoms with Crippen molar-refractivity contribution in [3.05, 3.63) is 45.6 Å². The monoisotopic (exact) mass is 379 g/mol. The van der Waals surface area contributed by atoms with E-state index in [0.29, 0.717) is 18.0 Å². The Hall–Kier alpha value is -1.60. The molecule has 0 aliphatic carbocycles. The highest BCUT2D eigenvalue weighted by Gasteiger charge is 2.20. The van der Waals surface area contributed by atoms with E-state index in [-0.39, 0.29) is 5.91 Å². The van der Waals surface area contributed by atoms with Gasteiger partial charge in [-0.2, -0.15) is 0 Å². The Labute approximate surface area is 157 Å². The molecule has 0 unspecified atom stereocenters. The summed E-state index contributed by atoms with van der Waals surface area (Å²) in [5.41, 5.74) is 0.711. The number of ether oxygens (including phenoxy) is 1. The molecule has 1 aliphatic rings. The molecule has 1 aromatic carbocycles. The van der Waals surface area contributed by atoms with Crippen molar-refractivity contribution in [1.29, 1.82) is 0 Å². The van der Waals surface area contributed by atoms with Crippen LogP contribution in [0.25, 0.3) is 0 Å². The van der Waals surface area contributed by atoms with Crippen LogP contribution in [0, 0.1) is 0 Å². The van der Waals surface area contributed by atoms with Crippen molar-refractivity contribution in [3.63, 3.8) is 0 Å². The second-order valence-corrected chi connectivity index (χ2v) is 7.81. The summed E-state index contributed by atoms with van der Waals surface area (Å²) in [6, 6.07) is 11.5. The van der Waals surface area contributed by atoms with Crippen molar-refractivity contribution < 1.29 is 9.53 Å². The molecule has 0 atom stereocenters. The molecule has 0 spiro atoms. The number of para-hydroxylation sites is 2. The second-order valence-electron chi connectivity index (χ2n) is 6.01. The SMILES string of the molecule is COc1ccccc1NC(=O)CN1CCN(Cc2ccc(Cl)s2)CC1. The fourth-order valence-corrected chi connectivity index (χ4v) is 4.03. The Morgan fingerprint density at radius 3 is 2.56 bits per heavy atom. The van der Waals surface area contributed by atoms with E-state index in [1.165, 1.54) is 4.88 Å². The van der Waals surface area contributed by atoms with E-state index in [4.69, 9.17) is 16.3 Å². The van der Waals surface area contributed by atoms with Gasteiger partial charge in [-0.1, -0.05) is 23.7 Å². The lowest BCUT2D eigenvalue weighted by atomic mass is 10.2. The number of methoxy groups -OCH3 is 1. The van der Waals surface area contributed by atoms with Crippen LogP contribution in [0.4, 0.5) is 5.69 Å². The highest BCUT2D eigenvalue weighted by Crippen LogP contribution is 2.24. The Morgan fingerprint density at radius 2 is 1.88 bits per heavy atom. The number of nitrogens with zero attached hydrogens (tertiary/aromatic N) is 2. The second kappa shape index (κ2) is 8.67. The van der Waals surface area contributed by atoms with Crippen LogP contribution in [0.3, 0.4) is 0 Å². The number of hydrogen-bond acceptors (Lipinski definition) is 5. The van der Waals surface area contributed by atoms with E-state index >= 15 is 0 Å². The molecule has 1 fully saturated rings. The third-order valence-electron chi connectivity index (χ3n) is 4.22. The van der Waals surface area contributed by atoms with Crippen LogP contribution in [-0.4, -0.2) is 55.5 Å². The largest absolute Gasteiger partial charge is 0.495 e. The number of amides is 1. The van der Waals surface area contributed by atoms with Gasteiger partial charge < -0.3 is 10.1 Å². The molecular formula is C18H22ClN3O2S. The first kappa shape index (κ1) is 18.2. The summed E-state index contributed by atoms with van der Waals surface area (Å²) in [6.45, 7) is 5.02. The minimum absolute atomic E-state index is 0.0111. The van der Waals surface area contributed by atoms with E-state index in [1.807, 2.05) is 30.3 Å². The average molecular weight is 380 g/mol. The van der Waals surface area contributed by atoms with Gasteiger partial charge in [-0.05, 0) is 24.3 Å². The predicted octanol–water partition coefficient (Wildman–Crippen LogP) is 3.17. The van der Waals surface area contributed by atoms with Gasteiger partial charge >= 0.3 is 0 Å². The summed E-state index contributed by atoms with van der Waals surface area (Å²) in [7, 11) is 1.60. The summed E-state index contributed by atoms with van der Waals surface area (Å²) in [5.74, 6) is 0.665. The maximum atomic E-state index is 12.3. The lowest BCUT2D eigenvalue weighted by molar-refractivity contribution is -0.117. The fourth-order valence-electron chi connectivity index (χ4n) is 2.90. The maximum absolute atomic E-state index is 12.3. The third kappa shape index (κ3) is 5.19. The Bertz CT molecular complexity index is 714. The molecule has 0 bridgehead atoms. The molecule has 0 saturated carbocycles. The van der Waals surface area contributed by atoms with E-state index in [2.05, 4.69) is 21.2 Å². The normalized spacial score (nSPS) is 15.9. The van der Waals surface area contributed by atoms with Gasteiger partial charge in [-0.3, -0.25) is 14.6 Å². The van der Waals surface area contributed by atoms with E-state index in [1.54, 1.807) is 18.4 Å². The number of benzene rings is 1. The molecule has 3 rings (SSSR count). The number of rotatable bonds is 6. The van der Waals surface area contributed by atoms with Gasteiger partial charge in [0.05, 0.1) is 23.7 Å². The number of nitrogens with one attached hydrogen (secondary N) is 1. The van der Waals surface area contributed by atoms with E-state index < -0.39 is 0 Å². The van der Waals surface area contributed by atoms with Crippen molar-refractivity contribution in [1.82, 2.24) is 9.80 Å². The van der Waals surface area contributed by atoms with Gasteiger partial charge in [0.1, 0.15) is 5.75 Å². The first-order valence-corrected chi connectivity index (χ1v) is 9.45. The number of carbonyl (C=O) groups excluding carboxylic acids is 1. The zero-order chi connectivity index (χ0) is 17.6. The molecule has 1 saturated heterocycles. The summed E-state index contributed by atoms with van der Waals surface area (Å²) in [4.78, 5) is 18.2. The number of hydrogen-bond donors (Lipinski definition) is 1. The average Bonchev–Trinajstić information content (AvgIpc) is 3.02. The van der Waals surface area contributed by atoms with Crippen LogP contribution in [-0.2, 0) is 11.3 Å². The molecule has 7 heteroatoms. The lowest BCUT2D eigenvalue weighted by Crippen LogP contribution is -2.48. The minimum atomic E-state index is -0.0111. The molecule has 1 aromatic heterocycles. The van der Waals surface area contributed by atoms with Gasteiger partial charge in [-0.15, -0.1) is 11.3 Å². The molecule has 5 nitrogen and oxygen atoms in total. The van der Waals surface area contributed by atoms with Gasteiger partial charge in [0.25, 0.3) is 0 Å². The summed E-state index contributed by atoms with van der Waals surface area (Å²) in [5, 5.41) is 2.93. The van der Waals surface area contributed by atoms with Crippen LogP contribution < -0.4 is 10.1 Å². The summed E-state index contributed by atoms with van der Waals surface area (Å²) in [6.07, 6.45) is 0. The standard InChI is InChI=1S/C18H22ClN3O2S/c1-24-16-5-3-2-4-15(16)20-18(23)13-22-10-8-21(9-11-22)12-14-6-7-17(19)25-14/h2-7H,8-13H2,1H3,(H,20,23). The molecule has 25 heavy (non-hydrogen) atoms. The van der Waals surface area contributed by atoms with Crippen molar-refractivity contribution in [2.45, 2.75) is 6.54 Å². The van der Waals surface area contributed by atoms with Gasteiger partial charge in [0.15, 0.2) is 0 Å². The number of halogens is 1. The Kier molecular flexibility index (Phi) is 6.31. The molecule has 1 aliphatic heterocycles. The molecule has 2 aromatic rings. The van der Waals surface area contributed by atoms with E-state index in [9.17, 15) is 4.79 Å². The van der Waals surface area contributed by atoms with E-state index in [0.717, 1.165) is 37.1 Å². The molecule has 1 N–H and O–H groups in total. The zero-order valence-corrected chi connectivity index (χ0v) is 15.8. The molecule has 2 heterocycles. The topological polar surface area (TPSA) is 44.8 Å². The zero-order valence-electron chi connectivity index (χ0n) is 14.2. The fraction of sp³-hybridized carbons (Fsp3) is 0.389. The number of carbonyl (C=O) groups is 1. The molecule has 1 amide bonds. The maximum Gasteiger partial charge on any atom is 0.238 e. The molecule has 0 radical (unpaired) electrons. The van der Waals surface area contributed by atoms with Gasteiger partial charge in [0.2, 0.25) is 5.91 Å². The summed E-state index contributed by atoms with van der Waals surface area (Å²) < 4.78 is 6.10. The number of anilines is 1. The van der Waals surface area contributed by atoms with Crippen LogP contribution >= 0.6 is 22.9 Å². The van der Waals surface area contributed by atoms with Crippen LogP contribution in [0.5, 0.6) is 5.75 Å². The van der Waals surface area contributed by atoms with Crippen molar-refractivity contribution in [3.8, 4) is 5.75 Å². The minimum Gasteiger partial charge on any atom is -0.495 e. The quantitative estimate of drug-likeness (QED) is 0.837. The smallest absolute Gasteiger partial charge is 0.238 e. The van der Waals surface area contributed by atoms with Crippen molar-refractivity contribution in [2.75, 3.05) is 45.2 Å². The van der Waals surface area contributed by atoms with Gasteiger partial charge in [-0.25, -0.2) is 0 Å². The van der Waals surface area contributed by atoms with Crippen LogP contribution in [0.15, 0.2) is 36.4 Å². The molecular weight excluding hydrogens is 358 g/mol. The predicted molar refractivity (Wildman–Crippen MR) is 103 cm³/mol. The Morgan fingerprint density at radius 1 is 1.16 bits per heavy atom. The number of thiophene rings is 1. The lowest BCUT2D eigenvalue weighted by Gasteiger charge is -2.34. The van der Waals surface area contributed by atoms with Crippen molar-refractivity contribution in [2.24, 2.45) is 0 Å². The number of piperazine rings is 1. The first-order valence-electron chi connectivity index (χ1n) is 8.26.